The summed E-state index contributed by atoms with van der Waals surface area (Å²) in [5, 5.41) is 0. The van der Waals surface area contributed by atoms with E-state index >= 15 is 0 Å². The van der Waals surface area contributed by atoms with Crippen molar-refractivity contribution in [2.45, 2.75) is 19.9 Å². The summed E-state index contributed by atoms with van der Waals surface area (Å²) in [5.41, 5.74) is 1.14. The Labute approximate surface area is 126 Å². The molecular weight excluding hydrogens is 262 g/mol. The molecule has 21 heavy (non-hydrogen) atoms. The number of amides is 1. The summed E-state index contributed by atoms with van der Waals surface area (Å²) >= 11 is 0. The maximum Gasteiger partial charge on any atom is 0.260 e. The van der Waals surface area contributed by atoms with E-state index in [-0.39, 0.29) is 12.5 Å². The molecule has 0 aromatic heterocycles. The molecule has 0 saturated carbocycles. The molecule has 0 bridgehead atoms. The van der Waals surface area contributed by atoms with Crippen LogP contribution in [0.2, 0.25) is 0 Å². The molecule has 0 heterocycles. The molecule has 0 unspecified atom stereocenters. The maximum absolute atomic E-state index is 12.3. The van der Waals surface area contributed by atoms with Gasteiger partial charge in [-0.2, -0.15) is 0 Å². The molecule has 0 aliphatic heterocycles. The summed E-state index contributed by atoms with van der Waals surface area (Å²) in [4.78, 5) is 14.2. The fourth-order valence-electron chi connectivity index (χ4n) is 2.12. The van der Waals surface area contributed by atoms with Gasteiger partial charge in [0, 0.05) is 13.1 Å². The van der Waals surface area contributed by atoms with E-state index in [0.29, 0.717) is 6.54 Å². The van der Waals surface area contributed by atoms with Gasteiger partial charge in [0.1, 0.15) is 5.75 Å². The lowest BCUT2D eigenvalue weighted by Gasteiger charge is -2.22. The molecule has 110 valence electrons. The minimum absolute atomic E-state index is 0.0181. The van der Waals surface area contributed by atoms with Crippen LogP contribution in [0.4, 0.5) is 0 Å². The predicted octanol–water partition coefficient (Wildman–Crippen LogP) is 3.50. The molecule has 0 aliphatic carbocycles. The van der Waals surface area contributed by atoms with E-state index in [9.17, 15) is 4.79 Å². The molecule has 0 atom stereocenters. The van der Waals surface area contributed by atoms with E-state index in [0.717, 1.165) is 24.3 Å². The third kappa shape index (κ3) is 4.95. The number of carbonyl (C=O) groups is 1. The van der Waals surface area contributed by atoms with Crippen molar-refractivity contribution in [1.29, 1.82) is 0 Å². The van der Waals surface area contributed by atoms with Crippen molar-refractivity contribution in [2.24, 2.45) is 0 Å². The van der Waals surface area contributed by atoms with Crippen LogP contribution in [0.15, 0.2) is 60.7 Å². The van der Waals surface area contributed by atoms with Gasteiger partial charge in [0.05, 0.1) is 0 Å². The molecule has 3 nitrogen and oxygen atoms in total. The van der Waals surface area contributed by atoms with Gasteiger partial charge in [-0.05, 0) is 24.1 Å². The van der Waals surface area contributed by atoms with E-state index in [2.05, 4.69) is 6.92 Å². The van der Waals surface area contributed by atoms with Gasteiger partial charge in [-0.25, -0.2) is 0 Å². The number of rotatable bonds is 7. The maximum atomic E-state index is 12.3. The molecular formula is C18H21NO2. The summed E-state index contributed by atoms with van der Waals surface area (Å²) < 4.78 is 5.54. The van der Waals surface area contributed by atoms with Crippen LogP contribution in [0.3, 0.4) is 0 Å². The van der Waals surface area contributed by atoms with E-state index in [1.165, 1.54) is 0 Å². The highest BCUT2D eigenvalue weighted by Gasteiger charge is 2.13. The van der Waals surface area contributed by atoms with Crippen molar-refractivity contribution in [3.8, 4) is 5.75 Å². The molecule has 0 saturated heterocycles. The molecule has 1 amide bonds. The van der Waals surface area contributed by atoms with Crippen LogP contribution in [-0.4, -0.2) is 24.0 Å². The van der Waals surface area contributed by atoms with Crippen molar-refractivity contribution in [3.63, 3.8) is 0 Å². The van der Waals surface area contributed by atoms with Crippen molar-refractivity contribution >= 4 is 5.91 Å². The average molecular weight is 283 g/mol. The smallest absolute Gasteiger partial charge is 0.260 e. The first-order valence-electron chi connectivity index (χ1n) is 7.29. The highest BCUT2D eigenvalue weighted by molar-refractivity contribution is 5.77. The lowest BCUT2D eigenvalue weighted by Crippen LogP contribution is -2.35. The summed E-state index contributed by atoms with van der Waals surface area (Å²) in [6.07, 6.45) is 0.934. The second-order valence-corrected chi connectivity index (χ2v) is 4.90. The molecule has 0 fully saturated rings. The number of carbonyl (C=O) groups excluding carboxylic acids is 1. The second-order valence-electron chi connectivity index (χ2n) is 4.90. The largest absolute Gasteiger partial charge is 0.484 e. The van der Waals surface area contributed by atoms with Crippen LogP contribution in [0.1, 0.15) is 18.9 Å². The normalized spacial score (nSPS) is 10.1. The van der Waals surface area contributed by atoms with Crippen LogP contribution in [-0.2, 0) is 11.3 Å². The third-order valence-corrected chi connectivity index (χ3v) is 3.17. The molecule has 2 aromatic carbocycles. The van der Waals surface area contributed by atoms with Gasteiger partial charge in [0.25, 0.3) is 5.91 Å². The molecule has 2 aromatic rings. The Morgan fingerprint density at radius 2 is 1.62 bits per heavy atom. The van der Waals surface area contributed by atoms with E-state index < -0.39 is 0 Å². The second kappa shape index (κ2) is 8.10. The van der Waals surface area contributed by atoms with Crippen LogP contribution in [0.25, 0.3) is 0 Å². The van der Waals surface area contributed by atoms with Crippen molar-refractivity contribution < 1.29 is 9.53 Å². The Morgan fingerprint density at radius 3 is 2.24 bits per heavy atom. The molecule has 3 heteroatoms. The SMILES string of the molecule is CCCN(Cc1ccccc1)C(=O)COc1ccccc1. The zero-order chi connectivity index (χ0) is 14.9. The number of nitrogens with zero attached hydrogens (tertiary/aromatic N) is 1. The molecule has 0 aliphatic rings. The number of ether oxygens (including phenoxy) is 1. The highest BCUT2D eigenvalue weighted by atomic mass is 16.5. The quantitative estimate of drug-likeness (QED) is 0.778. The number of hydrogen-bond acceptors (Lipinski definition) is 2. The molecule has 2 rings (SSSR count). The van der Waals surface area contributed by atoms with Gasteiger partial charge >= 0.3 is 0 Å². The summed E-state index contributed by atoms with van der Waals surface area (Å²) in [7, 11) is 0. The molecule has 0 spiro atoms. The predicted molar refractivity (Wildman–Crippen MR) is 84.1 cm³/mol. The van der Waals surface area contributed by atoms with Gasteiger partial charge in [-0.15, -0.1) is 0 Å². The first-order chi connectivity index (χ1) is 10.3. The third-order valence-electron chi connectivity index (χ3n) is 3.17. The zero-order valence-corrected chi connectivity index (χ0v) is 12.4. The first-order valence-corrected chi connectivity index (χ1v) is 7.29. The van der Waals surface area contributed by atoms with Gasteiger partial charge in [0.15, 0.2) is 6.61 Å². The van der Waals surface area contributed by atoms with Crippen molar-refractivity contribution in [2.75, 3.05) is 13.2 Å². The zero-order valence-electron chi connectivity index (χ0n) is 12.4. The highest BCUT2D eigenvalue weighted by Crippen LogP contribution is 2.10. The minimum atomic E-state index is 0.0181. The molecule has 0 radical (unpaired) electrons. The Balaban J connectivity index is 1.92. The lowest BCUT2D eigenvalue weighted by molar-refractivity contribution is -0.134. The fraction of sp³-hybridized carbons (Fsp3) is 0.278. The van der Waals surface area contributed by atoms with Crippen LogP contribution in [0, 0.1) is 0 Å². The molecule has 0 N–H and O–H groups in total. The van der Waals surface area contributed by atoms with E-state index in [1.54, 1.807) is 0 Å². The average Bonchev–Trinajstić information content (AvgIpc) is 2.54. The lowest BCUT2D eigenvalue weighted by atomic mass is 10.2. The van der Waals surface area contributed by atoms with Crippen LogP contribution >= 0.6 is 0 Å². The van der Waals surface area contributed by atoms with Crippen LogP contribution in [0.5, 0.6) is 5.75 Å². The van der Waals surface area contributed by atoms with Gasteiger partial charge < -0.3 is 9.64 Å². The first kappa shape index (κ1) is 15.1. The Morgan fingerprint density at radius 1 is 1.00 bits per heavy atom. The van der Waals surface area contributed by atoms with Crippen molar-refractivity contribution in [1.82, 2.24) is 4.90 Å². The Hall–Kier alpha value is -2.29. The van der Waals surface area contributed by atoms with E-state index in [4.69, 9.17) is 4.74 Å². The standard InChI is InChI=1S/C18H21NO2/c1-2-13-19(14-16-9-5-3-6-10-16)18(20)15-21-17-11-7-4-8-12-17/h3-12H,2,13-15H2,1H3. The van der Waals surface area contributed by atoms with Gasteiger partial charge in [-0.3, -0.25) is 4.79 Å². The minimum Gasteiger partial charge on any atom is -0.484 e. The summed E-state index contributed by atoms with van der Waals surface area (Å²) in [5.74, 6) is 0.742. The topological polar surface area (TPSA) is 29.5 Å². The fourth-order valence-corrected chi connectivity index (χ4v) is 2.12. The monoisotopic (exact) mass is 283 g/mol. The Kier molecular flexibility index (Phi) is 5.83. The van der Waals surface area contributed by atoms with Crippen LogP contribution < -0.4 is 4.74 Å². The number of benzene rings is 2. The number of para-hydroxylation sites is 1. The summed E-state index contributed by atoms with van der Waals surface area (Å²) in [6.45, 7) is 3.53. The van der Waals surface area contributed by atoms with Gasteiger partial charge in [0.2, 0.25) is 0 Å². The van der Waals surface area contributed by atoms with Crippen molar-refractivity contribution in [3.05, 3.63) is 66.2 Å². The van der Waals surface area contributed by atoms with Gasteiger partial charge in [-0.1, -0.05) is 55.5 Å². The van der Waals surface area contributed by atoms with E-state index in [1.807, 2.05) is 65.6 Å². The Bertz CT molecular complexity index is 540. The summed E-state index contributed by atoms with van der Waals surface area (Å²) in [6, 6.07) is 19.5. The number of hydrogen-bond donors (Lipinski definition) is 0.